The second-order valence-corrected chi connectivity index (χ2v) is 7.89. The molecule has 0 heterocycles. The van der Waals surface area contributed by atoms with Gasteiger partial charge in [-0.25, -0.2) is 0 Å². The van der Waals surface area contributed by atoms with E-state index in [-0.39, 0.29) is 16.8 Å². The summed E-state index contributed by atoms with van der Waals surface area (Å²) in [4.78, 5) is 72.7. The van der Waals surface area contributed by atoms with Crippen LogP contribution in [0.15, 0.2) is 78.9 Å². The molecule has 0 atom stereocenters. The highest BCUT2D eigenvalue weighted by Crippen LogP contribution is 2.26. The Hall–Kier alpha value is -5.18. The van der Waals surface area contributed by atoms with Gasteiger partial charge >= 0.3 is 0 Å². The summed E-state index contributed by atoms with van der Waals surface area (Å²) in [5, 5.41) is 5.37. The van der Waals surface area contributed by atoms with Gasteiger partial charge in [-0.2, -0.15) is 0 Å². The summed E-state index contributed by atoms with van der Waals surface area (Å²) in [6.07, 6.45) is 0.546. The number of fused-ring (bicyclic) bond motifs is 1. The fourth-order valence-corrected chi connectivity index (χ4v) is 3.65. The van der Waals surface area contributed by atoms with Crippen molar-refractivity contribution in [2.75, 3.05) is 10.6 Å². The molecule has 178 valence electrons. The monoisotopic (exact) mass is 481 g/mol. The minimum atomic E-state index is -1.04. The van der Waals surface area contributed by atoms with Gasteiger partial charge in [0.05, 0.1) is 23.4 Å². The third kappa shape index (κ3) is 5.00. The van der Waals surface area contributed by atoms with E-state index >= 15 is 0 Å². The van der Waals surface area contributed by atoms with E-state index in [2.05, 4.69) is 10.6 Å². The maximum atomic E-state index is 12.5. The minimum Gasteiger partial charge on any atom is -0.366 e. The van der Waals surface area contributed by atoms with Gasteiger partial charge in [-0.1, -0.05) is 36.4 Å². The van der Waals surface area contributed by atoms with Crippen LogP contribution in [-0.4, -0.2) is 34.9 Å². The van der Waals surface area contributed by atoms with Crippen molar-refractivity contribution in [3.63, 3.8) is 0 Å². The van der Waals surface area contributed by atoms with E-state index in [9.17, 15) is 28.8 Å². The summed E-state index contributed by atoms with van der Waals surface area (Å²) in [6, 6.07) is 18.7. The van der Waals surface area contributed by atoms with Crippen LogP contribution < -0.4 is 16.4 Å². The lowest BCUT2D eigenvalue weighted by Crippen LogP contribution is -2.26. The third-order valence-corrected chi connectivity index (χ3v) is 5.46. The van der Waals surface area contributed by atoms with Crippen LogP contribution in [0.25, 0.3) is 5.70 Å². The normalized spacial score (nSPS) is 12.3. The number of nitrogens with two attached hydrogens (primary N) is 1. The van der Waals surface area contributed by atoms with Crippen LogP contribution in [-0.2, 0) is 14.4 Å². The largest absolute Gasteiger partial charge is 0.366 e. The smallest absolute Gasteiger partial charge is 0.292 e. The molecule has 0 aliphatic heterocycles. The Labute approximate surface area is 205 Å². The molecule has 36 heavy (non-hydrogen) atoms. The zero-order valence-corrected chi connectivity index (χ0v) is 18.7. The number of anilines is 2. The Morgan fingerprint density at radius 1 is 0.778 bits per heavy atom. The first-order chi connectivity index (χ1) is 17.2. The van der Waals surface area contributed by atoms with Crippen LogP contribution in [0.5, 0.6) is 0 Å². The Morgan fingerprint density at radius 2 is 1.42 bits per heavy atom. The zero-order valence-electron chi connectivity index (χ0n) is 18.7. The van der Waals surface area contributed by atoms with Crippen molar-refractivity contribution in [1.29, 1.82) is 0 Å². The number of Topliss-reactive ketones (excluding diaryl/α,β-unsaturated/α-hetero) is 3. The molecular formula is C27H19N3O6. The highest BCUT2D eigenvalue weighted by atomic mass is 16.2. The quantitative estimate of drug-likeness (QED) is 0.254. The van der Waals surface area contributed by atoms with Crippen LogP contribution in [0.1, 0.15) is 43.1 Å². The first-order valence-electron chi connectivity index (χ1n) is 10.8. The lowest BCUT2D eigenvalue weighted by molar-refractivity contribution is -0.134. The van der Waals surface area contributed by atoms with Gasteiger partial charge in [0, 0.05) is 28.5 Å². The van der Waals surface area contributed by atoms with Crippen LogP contribution in [0.3, 0.4) is 0 Å². The molecule has 3 aromatic rings. The van der Waals surface area contributed by atoms with E-state index in [0.717, 1.165) is 0 Å². The average molecular weight is 481 g/mol. The Balaban J connectivity index is 1.41. The highest BCUT2D eigenvalue weighted by molar-refractivity contribution is 6.50. The molecule has 0 radical (unpaired) electrons. The van der Waals surface area contributed by atoms with E-state index in [4.69, 9.17) is 5.73 Å². The van der Waals surface area contributed by atoms with Gasteiger partial charge in [0.25, 0.3) is 11.8 Å². The predicted molar refractivity (Wildman–Crippen MR) is 131 cm³/mol. The first kappa shape index (κ1) is 24.0. The number of ketones is 4. The standard InChI is InChI=1S/C27H19N3O6/c28-26(35)19-7-3-4-8-20(19)30-27(36)24(33)14-22(31)15-9-11-16(12-10-15)29-21-13-23(32)25(34)18-6-2-1-5-17(18)21/h1-13,29H,14H2,(H2,28,35)(H,30,36). The second kappa shape index (κ2) is 9.98. The summed E-state index contributed by atoms with van der Waals surface area (Å²) in [7, 11) is 0. The number of carbonyl (C=O) groups is 6. The number of primary amides is 1. The van der Waals surface area contributed by atoms with E-state index < -0.39 is 41.4 Å². The molecule has 4 rings (SSSR count). The van der Waals surface area contributed by atoms with Crippen molar-refractivity contribution in [3.8, 4) is 0 Å². The van der Waals surface area contributed by atoms with Gasteiger partial charge in [-0.05, 0) is 36.4 Å². The molecule has 0 unspecified atom stereocenters. The summed E-state index contributed by atoms with van der Waals surface area (Å²) in [5.74, 6) is -4.59. The first-order valence-corrected chi connectivity index (χ1v) is 10.8. The van der Waals surface area contributed by atoms with Gasteiger partial charge in [0.2, 0.25) is 17.3 Å². The predicted octanol–water partition coefficient (Wildman–Crippen LogP) is 2.78. The van der Waals surface area contributed by atoms with Gasteiger partial charge in [0.1, 0.15) is 0 Å². The molecule has 0 spiro atoms. The van der Waals surface area contributed by atoms with Crippen LogP contribution >= 0.6 is 0 Å². The maximum Gasteiger partial charge on any atom is 0.292 e. The van der Waals surface area contributed by atoms with Crippen LogP contribution in [0, 0.1) is 0 Å². The number of allylic oxidation sites excluding steroid dienone is 1. The topological polar surface area (TPSA) is 152 Å². The Morgan fingerprint density at radius 3 is 2.11 bits per heavy atom. The molecule has 0 saturated heterocycles. The molecule has 0 saturated carbocycles. The van der Waals surface area contributed by atoms with E-state index in [0.29, 0.717) is 22.5 Å². The van der Waals surface area contributed by atoms with Gasteiger partial charge in [0.15, 0.2) is 5.78 Å². The molecule has 0 bridgehead atoms. The third-order valence-electron chi connectivity index (χ3n) is 5.46. The molecule has 4 N–H and O–H groups in total. The van der Waals surface area contributed by atoms with Gasteiger partial charge in [-0.15, -0.1) is 0 Å². The number of amides is 2. The Bertz CT molecular complexity index is 1470. The number of rotatable bonds is 8. The van der Waals surface area contributed by atoms with Crippen molar-refractivity contribution in [3.05, 3.63) is 101 Å². The molecule has 9 nitrogen and oxygen atoms in total. The summed E-state index contributed by atoms with van der Waals surface area (Å²) in [5.41, 5.74) is 7.44. The van der Waals surface area contributed by atoms with Crippen LogP contribution in [0.4, 0.5) is 11.4 Å². The fraction of sp³-hybridized carbons (Fsp3) is 0.0370. The number of hydrogen-bond acceptors (Lipinski definition) is 7. The molecule has 0 aromatic heterocycles. The molecular weight excluding hydrogens is 462 g/mol. The maximum absolute atomic E-state index is 12.5. The number of nitrogens with one attached hydrogen (secondary N) is 2. The van der Waals surface area contributed by atoms with Gasteiger partial charge < -0.3 is 16.4 Å². The van der Waals surface area contributed by atoms with E-state index in [1.807, 2.05) is 0 Å². The average Bonchev–Trinajstić information content (AvgIpc) is 2.87. The molecule has 1 aliphatic carbocycles. The van der Waals surface area contributed by atoms with E-state index in [1.54, 1.807) is 48.5 Å². The number of para-hydroxylation sites is 1. The van der Waals surface area contributed by atoms with Crippen molar-refractivity contribution in [1.82, 2.24) is 0 Å². The lowest BCUT2D eigenvalue weighted by Gasteiger charge is -2.18. The molecule has 0 fully saturated rings. The second-order valence-electron chi connectivity index (χ2n) is 7.89. The SMILES string of the molecule is NC(=O)c1ccccc1NC(=O)C(=O)CC(=O)c1ccc(NC2=CC(=O)C(=O)c3ccccc32)cc1. The highest BCUT2D eigenvalue weighted by Gasteiger charge is 2.25. The molecule has 1 aliphatic rings. The van der Waals surface area contributed by atoms with Crippen molar-refractivity contribution in [2.45, 2.75) is 6.42 Å². The fourth-order valence-electron chi connectivity index (χ4n) is 3.65. The molecule has 3 aromatic carbocycles. The summed E-state index contributed by atoms with van der Waals surface area (Å²) < 4.78 is 0. The van der Waals surface area contributed by atoms with Gasteiger partial charge in [-0.3, -0.25) is 28.8 Å². The van der Waals surface area contributed by atoms with Crippen molar-refractivity contribution in [2.24, 2.45) is 5.73 Å². The number of hydrogen-bond donors (Lipinski definition) is 3. The lowest BCUT2D eigenvalue weighted by atomic mass is 9.92. The summed E-state index contributed by atoms with van der Waals surface area (Å²) in [6.45, 7) is 0. The molecule has 2 amide bonds. The van der Waals surface area contributed by atoms with Crippen molar-refractivity contribution < 1.29 is 28.8 Å². The van der Waals surface area contributed by atoms with Crippen molar-refractivity contribution >= 4 is 52.0 Å². The van der Waals surface area contributed by atoms with Crippen LogP contribution in [0.2, 0.25) is 0 Å². The minimum absolute atomic E-state index is 0.0369. The summed E-state index contributed by atoms with van der Waals surface area (Å²) >= 11 is 0. The number of carbonyl (C=O) groups excluding carboxylic acids is 6. The number of benzene rings is 3. The Kier molecular flexibility index (Phi) is 6.64. The van der Waals surface area contributed by atoms with E-state index in [1.165, 1.54) is 30.3 Å². The zero-order chi connectivity index (χ0) is 25.8. The molecule has 9 heteroatoms.